The molecule has 0 aromatic heterocycles. The molecule has 2 unspecified atom stereocenters. The summed E-state index contributed by atoms with van der Waals surface area (Å²) in [5.74, 6) is -0.0457. The van der Waals surface area contributed by atoms with E-state index >= 15 is 0 Å². The molecule has 10 nitrogen and oxygen atoms in total. The predicted molar refractivity (Wildman–Crippen MR) is 167 cm³/mol. The number of rotatable bonds is 8. The molecule has 3 amide bonds. The number of halogens is 3. The van der Waals surface area contributed by atoms with Gasteiger partial charge in [-0.15, -0.1) is 0 Å². The van der Waals surface area contributed by atoms with E-state index in [4.69, 9.17) is 25.5 Å². The van der Waals surface area contributed by atoms with Crippen LogP contribution in [-0.2, 0) is 14.4 Å². The van der Waals surface area contributed by atoms with E-state index in [0.29, 0.717) is 23.2 Å². The summed E-state index contributed by atoms with van der Waals surface area (Å²) < 4.78 is 40.8. The summed E-state index contributed by atoms with van der Waals surface area (Å²) in [6.45, 7) is 1.28. The van der Waals surface area contributed by atoms with Gasteiger partial charge in [0.1, 0.15) is 5.82 Å². The van der Waals surface area contributed by atoms with Crippen molar-refractivity contribution in [2.45, 2.75) is 41.0 Å². The van der Waals surface area contributed by atoms with Crippen molar-refractivity contribution in [3.63, 3.8) is 0 Å². The summed E-state index contributed by atoms with van der Waals surface area (Å²) in [7, 11) is 4.18. The van der Waals surface area contributed by atoms with E-state index < -0.39 is 32.7 Å². The second-order valence-corrected chi connectivity index (χ2v) is 16.3. The van der Waals surface area contributed by atoms with Crippen molar-refractivity contribution < 1.29 is 47.6 Å². The minimum absolute atomic E-state index is 0.0223. The molecule has 4 rings (SSSR count). The van der Waals surface area contributed by atoms with E-state index in [9.17, 15) is 27.9 Å². The van der Waals surface area contributed by atoms with Gasteiger partial charge in [0, 0.05) is 14.2 Å². The van der Waals surface area contributed by atoms with E-state index in [1.807, 2.05) is 44.2 Å². The van der Waals surface area contributed by atoms with Gasteiger partial charge >= 0.3 is 166 Å². The van der Waals surface area contributed by atoms with Gasteiger partial charge in [-0.1, -0.05) is 17.7 Å². The number of amides is 3. The van der Waals surface area contributed by atoms with Gasteiger partial charge in [0.25, 0.3) is 0 Å². The maximum Gasteiger partial charge on any atom is 0.342 e. The molecule has 45 heavy (non-hydrogen) atoms. The third-order valence-electron chi connectivity index (χ3n) is 6.20. The van der Waals surface area contributed by atoms with Gasteiger partial charge in [0.15, 0.2) is 0 Å². The quantitative estimate of drug-likeness (QED) is 0.120. The van der Waals surface area contributed by atoms with Crippen LogP contribution in [0.1, 0.15) is 30.4 Å². The molecule has 14 heteroatoms. The van der Waals surface area contributed by atoms with Crippen LogP contribution in [0.25, 0.3) is 0 Å². The summed E-state index contributed by atoms with van der Waals surface area (Å²) in [5, 5.41) is 25.2. The molecule has 250 valence electrons. The zero-order valence-corrected chi connectivity index (χ0v) is 28.5. The van der Waals surface area contributed by atoms with Gasteiger partial charge in [-0.05, 0) is 19.1 Å². The van der Waals surface area contributed by atoms with Crippen molar-refractivity contribution in [2.75, 3.05) is 34.4 Å². The van der Waals surface area contributed by atoms with Gasteiger partial charge in [-0.3, -0.25) is 4.79 Å². The number of nitrogens with two attached hydrogens (primary N) is 1. The van der Waals surface area contributed by atoms with Crippen molar-refractivity contribution in [1.29, 1.82) is 0 Å². The predicted octanol–water partition coefficient (Wildman–Crippen LogP) is 3.04. The van der Waals surface area contributed by atoms with Gasteiger partial charge < -0.3 is 15.5 Å². The smallest absolute Gasteiger partial charge is 0.339 e. The number of likely N-dealkylation sites (tertiary alicyclic amines) is 1. The van der Waals surface area contributed by atoms with Crippen molar-refractivity contribution in [3.05, 3.63) is 86.8 Å². The Morgan fingerprint density at radius 1 is 1.18 bits per heavy atom. The maximum atomic E-state index is 12.6. The van der Waals surface area contributed by atoms with Crippen LogP contribution in [0.3, 0.4) is 0 Å². The molecule has 0 spiro atoms. The first-order valence-corrected chi connectivity index (χ1v) is 18.4. The molecule has 0 bridgehead atoms. The zero-order valence-electron chi connectivity index (χ0n) is 26.0. The number of aliphatic hydroxyl groups excluding tert-OH is 3. The fraction of sp³-hybridized carbons (Fsp3) is 0.387. The number of benzene rings is 2. The Balaban J connectivity index is 0.000000879. The Bertz CT molecular complexity index is 1210. The molecule has 2 aromatic rings. The van der Waals surface area contributed by atoms with E-state index in [1.165, 1.54) is 17.0 Å². The number of aliphatic hydroxyl groups is 3. The number of methoxy groups -OCH3 is 1. The van der Waals surface area contributed by atoms with Crippen LogP contribution >= 0.6 is 0 Å². The number of hydrogen-bond acceptors (Lipinski definition) is 7. The van der Waals surface area contributed by atoms with Gasteiger partial charge in [-0.2, -0.15) is 8.78 Å². The summed E-state index contributed by atoms with van der Waals surface area (Å²) in [4.78, 5) is 35.3. The molecule has 2 atom stereocenters. The van der Waals surface area contributed by atoms with Gasteiger partial charge in [-0.25, -0.2) is 4.39 Å². The number of ether oxygens (including phenoxy) is 1. The molecule has 0 radical (unpaired) electrons. The van der Waals surface area contributed by atoms with Crippen LogP contribution in [0.4, 0.5) is 13.2 Å². The van der Waals surface area contributed by atoms with Crippen LogP contribution in [-0.4, -0.2) is 99.7 Å². The van der Waals surface area contributed by atoms with Gasteiger partial charge in [0.2, 0.25) is 6.41 Å². The Kier molecular flexibility index (Phi) is 21.3. The maximum absolute atomic E-state index is 12.6. The van der Waals surface area contributed by atoms with Crippen molar-refractivity contribution >= 4 is 38.4 Å². The largest absolute Gasteiger partial charge is 0.342 e. The van der Waals surface area contributed by atoms with Crippen molar-refractivity contribution in [1.82, 2.24) is 10.2 Å². The Morgan fingerprint density at radius 2 is 1.71 bits per heavy atom. The zero-order chi connectivity index (χ0) is 34.5. The second kappa shape index (κ2) is 23.0. The second-order valence-electron chi connectivity index (χ2n) is 9.40. The topological polar surface area (TPSA) is 162 Å². The number of primary amides is 1. The summed E-state index contributed by atoms with van der Waals surface area (Å²) in [6.07, 6.45) is 2.90. The number of nitrogens with zero attached hydrogens (tertiary/aromatic N) is 1. The van der Waals surface area contributed by atoms with E-state index in [-0.39, 0.29) is 29.9 Å². The fourth-order valence-electron chi connectivity index (χ4n) is 3.92. The number of carbonyl (C=O) groups excluding carboxylic acids is 3. The monoisotopic (exact) mass is 747 g/mol. The Hall–Kier alpha value is -3.38. The van der Waals surface area contributed by atoms with E-state index in [2.05, 4.69) is 9.34 Å². The number of alkyl halides is 2. The molecular formula is C31H43F3N3O7Sb. The molecule has 0 aliphatic carbocycles. The molecule has 2 saturated heterocycles. The minimum Gasteiger partial charge on any atom is -0.339 e. The molecule has 2 aliphatic heterocycles. The third kappa shape index (κ3) is 16.5. The van der Waals surface area contributed by atoms with Crippen LogP contribution in [0.5, 0.6) is 5.75 Å². The normalized spacial score (nSPS) is 17.2. The van der Waals surface area contributed by atoms with E-state index in [0.717, 1.165) is 33.9 Å². The average molecular weight is 748 g/mol. The van der Waals surface area contributed by atoms with Crippen LogP contribution in [0.2, 0.25) is 8.23 Å². The molecule has 0 saturated carbocycles. The number of carbonyl (C=O) groups is 3. The van der Waals surface area contributed by atoms with Crippen molar-refractivity contribution in [3.8, 4) is 5.75 Å². The van der Waals surface area contributed by atoms with Gasteiger partial charge in [0.05, 0.1) is 7.11 Å². The number of aryl methyl sites for hydroxylation is 1. The molecule has 6 N–H and O–H groups in total. The molecule has 2 heterocycles. The summed E-state index contributed by atoms with van der Waals surface area (Å²) in [6, 6.07) is 14.1. The van der Waals surface area contributed by atoms with Crippen LogP contribution in [0.15, 0.2) is 69.9 Å². The van der Waals surface area contributed by atoms with Crippen molar-refractivity contribution in [2.24, 2.45) is 5.73 Å². The van der Waals surface area contributed by atoms with Crippen LogP contribution < -0.4 is 15.8 Å². The first-order valence-electron chi connectivity index (χ1n) is 13.6. The SMILES string of the molecule is CNC=O.CO.COc1ccc(C2CC(=O)N(/C(C(N)=O)=C(C)/C=[CH]\[Sb]3[CH2][CH]3CO)C2)cc1.Cc1ccc(F)cc1.OC(F)F. The molecular weight excluding hydrogens is 705 g/mol. The first-order chi connectivity index (χ1) is 21.4. The fourth-order valence-corrected chi connectivity index (χ4v) is 10.0. The average Bonchev–Trinajstić information content (AvgIpc) is 3.70. The standard InChI is InChI=1S/C17H19N2O3.C7H7F.C3H6O.C2H5NO.CH2F2O.CH4O.Sb/c1-4-11(2)16(17(18)21)19-10-13(9-15(19)20)12-5-7-14(22-3)8-6-12;1-6-2-4-7(8)5-3-6;1-2-3-4;1-3-2-4;2-1(3)4;1-2;/h1,4-8,13H,9-10H2,2-3H3,(H2,18,21);2-5H,1H3;2,4H,1,3H2;2H,1H3,(H,3,4);1,4H;2H,1H3;/b4-1?,16-11+;;;;;;. The first kappa shape index (κ1) is 41.6. The minimum atomic E-state index is -3.17. The van der Waals surface area contributed by atoms with Crippen LogP contribution in [0, 0.1) is 12.7 Å². The molecule has 2 fully saturated rings. The third-order valence-corrected chi connectivity index (χ3v) is 12.5. The Morgan fingerprint density at radius 3 is 2.11 bits per heavy atom. The van der Waals surface area contributed by atoms with E-state index in [1.54, 1.807) is 26.3 Å². The number of nitrogens with one attached hydrogen (secondary N) is 1. The molecule has 2 aromatic carbocycles. The number of hydrogen-bond donors (Lipinski definition) is 5. The number of allylic oxidation sites excluding steroid dienone is 2. The molecule has 2 aliphatic rings. The summed E-state index contributed by atoms with van der Waals surface area (Å²) in [5.41, 5.74) is 8.75. The Labute approximate surface area is 269 Å². The summed E-state index contributed by atoms with van der Waals surface area (Å²) >= 11 is -1.45.